The monoisotopic (exact) mass is 407 g/mol. The van der Waals surface area contributed by atoms with E-state index in [0.29, 0.717) is 19.3 Å². The number of methoxy groups -OCH3 is 2. The molecule has 0 unspecified atom stereocenters. The Balaban J connectivity index is 1.51. The molecule has 7 fully saturated rings. The van der Waals surface area contributed by atoms with Gasteiger partial charge >= 0.3 is 0 Å². The third-order valence-corrected chi connectivity index (χ3v) is 11.0. The molecule has 0 aromatic carbocycles. The van der Waals surface area contributed by atoms with Gasteiger partial charge in [0.15, 0.2) is 0 Å². The Morgan fingerprint density at radius 3 is 2.59 bits per heavy atom. The van der Waals surface area contributed by atoms with Crippen LogP contribution >= 0.6 is 0 Å². The van der Waals surface area contributed by atoms with Crippen LogP contribution in [0.2, 0.25) is 0 Å². The van der Waals surface area contributed by atoms with Gasteiger partial charge in [-0.25, -0.2) is 0 Å². The van der Waals surface area contributed by atoms with Gasteiger partial charge in [-0.05, 0) is 25.3 Å². The molecule has 2 saturated heterocycles. The van der Waals surface area contributed by atoms with Gasteiger partial charge in [0, 0.05) is 56.8 Å². The van der Waals surface area contributed by atoms with Crippen molar-refractivity contribution in [2.75, 3.05) is 27.3 Å². The van der Waals surface area contributed by atoms with Gasteiger partial charge in [0.05, 0.1) is 30.5 Å². The second-order valence-corrected chi connectivity index (χ2v) is 11.1. The zero-order valence-electron chi connectivity index (χ0n) is 17.5. The predicted octanol–water partition coefficient (Wildman–Crippen LogP) is -0.239. The number of likely N-dealkylation sites (N-methyl/N-ethyl adjacent to an activating group) is 1. The Kier molecular flexibility index (Phi) is 3.18. The summed E-state index contributed by atoms with van der Waals surface area (Å²) in [5, 5.41) is 36.4. The van der Waals surface area contributed by atoms with E-state index in [-0.39, 0.29) is 53.6 Å². The SMILES string of the molecule is CCN1C[C@]23O[C@H]2C[C@H](O)[C@@]24[C@@H]5C[C@H]6[C@H](OC)[C@@H]5[C@](O)(C[C@@H]6OC)[C@@](O)(C[C@H]32)[C@@H]14. The van der Waals surface area contributed by atoms with Gasteiger partial charge in [-0.15, -0.1) is 0 Å². The summed E-state index contributed by atoms with van der Waals surface area (Å²) in [7, 11) is 3.42. The molecule has 29 heavy (non-hydrogen) atoms. The number of epoxide rings is 1. The van der Waals surface area contributed by atoms with Crippen molar-refractivity contribution in [3.63, 3.8) is 0 Å². The highest BCUT2D eigenvalue weighted by molar-refractivity contribution is 5.41. The first-order valence-corrected chi connectivity index (χ1v) is 11.4. The van der Waals surface area contributed by atoms with Gasteiger partial charge in [-0.3, -0.25) is 4.90 Å². The molecule has 5 aliphatic carbocycles. The smallest absolute Gasteiger partial charge is 0.111 e. The molecule has 0 radical (unpaired) electrons. The standard InChI is InChI=1S/C22H33NO6/c1-4-23-9-19-13-8-21(26)18(23)22(13,14(24)6-15(19)29-19)11-5-10-12(27-2)7-20(21,25)16(11)17(10)28-3/h10-18,24-26H,4-9H2,1-3H3/t10-,11-,12+,13-,14+,15+,16-,17+,18-,19-,20-,21-,22-/m1/s1. The second-order valence-electron chi connectivity index (χ2n) is 11.1. The zero-order chi connectivity index (χ0) is 20.1. The number of likely N-dealkylation sites (tertiary alicyclic amines) is 1. The third kappa shape index (κ3) is 1.55. The maximum absolute atomic E-state index is 12.4. The fourth-order valence-electron chi connectivity index (χ4n) is 10.3. The predicted molar refractivity (Wildman–Crippen MR) is 101 cm³/mol. The van der Waals surface area contributed by atoms with Crippen LogP contribution in [-0.2, 0) is 14.2 Å². The van der Waals surface area contributed by atoms with Crippen molar-refractivity contribution in [1.82, 2.24) is 4.90 Å². The number of fused-ring (bicyclic) bond motifs is 2. The van der Waals surface area contributed by atoms with Crippen molar-refractivity contribution < 1.29 is 29.5 Å². The molecule has 0 aromatic heterocycles. The highest BCUT2D eigenvalue weighted by Crippen LogP contribution is 2.81. The lowest BCUT2D eigenvalue weighted by atomic mass is 9.45. The fraction of sp³-hybridized carbons (Fsp3) is 1.00. The maximum atomic E-state index is 12.4. The van der Waals surface area contributed by atoms with Crippen LogP contribution in [0.1, 0.15) is 32.6 Å². The normalized spacial score (nSPS) is 68.7. The lowest BCUT2D eigenvalue weighted by Gasteiger charge is -2.67. The molecule has 7 aliphatic rings. The largest absolute Gasteiger partial charge is 0.392 e. The molecule has 2 spiro atoms. The molecular formula is C22H33NO6. The van der Waals surface area contributed by atoms with E-state index in [1.165, 1.54) is 0 Å². The minimum Gasteiger partial charge on any atom is -0.392 e. The van der Waals surface area contributed by atoms with Gasteiger partial charge in [-0.2, -0.15) is 0 Å². The van der Waals surface area contributed by atoms with Crippen molar-refractivity contribution in [1.29, 1.82) is 0 Å². The summed E-state index contributed by atoms with van der Waals surface area (Å²) < 4.78 is 18.2. The summed E-state index contributed by atoms with van der Waals surface area (Å²) in [6.45, 7) is 3.71. The molecule has 7 nitrogen and oxygen atoms in total. The number of aliphatic hydroxyl groups excluding tert-OH is 1. The van der Waals surface area contributed by atoms with Crippen molar-refractivity contribution >= 4 is 0 Å². The van der Waals surface area contributed by atoms with Crippen LogP contribution in [0.4, 0.5) is 0 Å². The lowest BCUT2D eigenvalue weighted by molar-refractivity contribution is -0.304. The van der Waals surface area contributed by atoms with Gasteiger partial charge in [-0.1, -0.05) is 6.92 Å². The summed E-state index contributed by atoms with van der Waals surface area (Å²) in [5.41, 5.74) is -3.26. The Labute approximate surface area is 171 Å². The molecule has 3 N–H and O–H groups in total. The van der Waals surface area contributed by atoms with Crippen molar-refractivity contribution in [2.24, 2.45) is 29.1 Å². The first-order valence-electron chi connectivity index (χ1n) is 11.4. The Bertz CT molecular complexity index is 780. The molecule has 7 bridgehead atoms. The van der Waals surface area contributed by atoms with E-state index < -0.39 is 22.7 Å². The Hall–Kier alpha value is -0.280. The van der Waals surface area contributed by atoms with E-state index >= 15 is 0 Å². The van der Waals surface area contributed by atoms with Gasteiger partial charge < -0.3 is 29.5 Å². The van der Waals surface area contributed by atoms with E-state index in [1.807, 2.05) is 0 Å². The molecule has 2 heterocycles. The molecule has 2 aliphatic heterocycles. The minimum absolute atomic E-state index is 0.0858. The van der Waals surface area contributed by atoms with Crippen molar-refractivity contribution in [2.45, 2.75) is 79.9 Å². The first-order chi connectivity index (χ1) is 13.8. The molecule has 0 amide bonds. The number of piperidine rings is 1. The fourth-order valence-corrected chi connectivity index (χ4v) is 10.3. The maximum Gasteiger partial charge on any atom is 0.111 e. The third-order valence-electron chi connectivity index (χ3n) is 11.0. The quantitative estimate of drug-likeness (QED) is 0.556. The van der Waals surface area contributed by atoms with Crippen molar-refractivity contribution in [3.05, 3.63) is 0 Å². The minimum atomic E-state index is -1.29. The van der Waals surface area contributed by atoms with Gasteiger partial charge in [0.2, 0.25) is 0 Å². The molecule has 5 saturated carbocycles. The summed E-state index contributed by atoms with van der Waals surface area (Å²) in [6.07, 6.45) is 1.75. The van der Waals surface area contributed by atoms with Crippen LogP contribution in [0, 0.1) is 29.1 Å². The number of hydrogen-bond acceptors (Lipinski definition) is 7. The number of aliphatic hydroxyl groups is 3. The van der Waals surface area contributed by atoms with E-state index in [1.54, 1.807) is 14.2 Å². The van der Waals surface area contributed by atoms with Gasteiger partial charge in [0.25, 0.3) is 0 Å². The summed E-state index contributed by atoms with van der Waals surface area (Å²) in [5.74, 6) is 0.216. The molecule has 0 aromatic rings. The number of hydrogen-bond donors (Lipinski definition) is 3. The van der Waals surface area contributed by atoms with Crippen LogP contribution in [0.3, 0.4) is 0 Å². The topological polar surface area (TPSA) is 94.9 Å². The average molecular weight is 408 g/mol. The van der Waals surface area contributed by atoms with Crippen LogP contribution in [0.15, 0.2) is 0 Å². The molecular weight excluding hydrogens is 374 g/mol. The Morgan fingerprint density at radius 2 is 1.90 bits per heavy atom. The Morgan fingerprint density at radius 1 is 1.10 bits per heavy atom. The van der Waals surface area contributed by atoms with Crippen molar-refractivity contribution in [3.8, 4) is 0 Å². The molecule has 13 atom stereocenters. The van der Waals surface area contributed by atoms with E-state index in [9.17, 15) is 15.3 Å². The molecule has 7 heteroatoms. The van der Waals surface area contributed by atoms with E-state index in [2.05, 4.69) is 11.8 Å². The van der Waals surface area contributed by atoms with Crippen LogP contribution in [-0.4, -0.2) is 94.8 Å². The van der Waals surface area contributed by atoms with Crippen LogP contribution in [0.5, 0.6) is 0 Å². The number of nitrogens with zero attached hydrogens (tertiary/aromatic N) is 1. The highest BCUT2D eigenvalue weighted by Gasteiger charge is 2.91. The van der Waals surface area contributed by atoms with E-state index in [4.69, 9.17) is 14.2 Å². The zero-order valence-corrected chi connectivity index (χ0v) is 17.5. The average Bonchev–Trinajstić information content (AvgIpc) is 3.18. The van der Waals surface area contributed by atoms with Crippen LogP contribution in [0.25, 0.3) is 0 Å². The van der Waals surface area contributed by atoms with Crippen LogP contribution < -0.4 is 0 Å². The van der Waals surface area contributed by atoms with E-state index in [0.717, 1.165) is 19.5 Å². The molecule has 162 valence electrons. The number of ether oxygens (including phenoxy) is 3. The molecule has 7 rings (SSSR count). The highest BCUT2D eigenvalue weighted by atomic mass is 16.6. The first kappa shape index (κ1) is 18.3. The van der Waals surface area contributed by atoms with Gasteiger partial charge in [0.1, 0.15) is 16.8 Å². The lowest BCUT2D eigenvalue weighted by Crippen LogP contribution is -2.81. The summed E-state index contributed by atoms with van der Waals surface area (Å²) in [4.78, 5) is 2.33. The summed E-state index contributed by atoms with van der Waals surface area (Å²) in [6, 6.07) is -0.242. The number of rotatable bonds is 3. The second kappa shape index (κ2) is 5.03. The summed E-state index contributed by atoms with van der Waals surface area (Å²) >= 11 is 0.